The average Bonchev–Trinajstić information content (AvgIpc) is 2.73. The summed E-state index contributed by atoms with van der Waals surface area (Å²) in [6.45, 7) is 1.70. The minimum Gasteiger partial charge on any atom is -0.479 e. The number of rotatable bonds is 4. The van der Waals surface area contributed by atoms with Gasteiger partial charge in [0.05, 0.1) is 12.2 Å². The Bertz CT molecular complexity index is 1120. The Balaban J connectivity index is 1.64. The van der Waals surface area contributed by atoms with Gasteiger partial charge in [0.1, 0.15) is 11.6 Å². The number of amides is 2. The highest BCUT2D eigenvalue weighted by atomic mass is 35.5. The van der Waals surface area contributed by atoms with Gasteiger partial charge in [0.25, 0.3) is 11.8 Å². The van der Waals surface area contributed by atoms with Crippen molar-refractivity contribution >= 4 is 34.8 Å². The lowest BCUT2D eigenvalue weighted by Crippen LogP contribution is -2.44. The molecular weight excluding hydrogens is 407 g/mol. The maximum Gasteiger partial charge on any atom is 0.268 e. The van der Waals surface area contributed by atoms with Crippen molar-refractivity contribution in [2.24, 2.45) is 0 Å². The summed E-state index contributed by atoms with van der Waals surface area (Å²) >= 11 is 5.87. The Labute approximate surface area is 178 Å². The van der Waals surface area contributed by atoms with Crippen LogP contribution in [0, 0.1) is 5.82 Å². The molecule has 0 aromatic heterocycles. The lowest BCUT2D eigenvalue weighted by molar-refractivity contribution is -0.125. The first-order valence-electron chi connectivity index (χ1n) is 9.35. The van der Waals surface area contributed by atoms with E-state index in [0.717, 1.165) is 0 Å². The van der Waals surface area contributed by atoms with E-state index in [9.17, 15) is 14.0 Å². The van der Waals surface area contributed by atoms with E-state index in [1.54, 1.807) is 67.6 Å². The number of carbonyl (C=O) groups is 2. The van der Waals surface area contributed by atoms with Crippen LogP contribution in [0.4, 0.5) is 15.8 Å². The third kappa shape index (κ3) is 4.00. The van der Waals surface area contributed by atoms with Crippen LogP contribution in [0.1, 0.15) is 22.8 Å². The fourth-order valence-electron chi connectivity index (χ4n) is 3.25. The normalized spacial score (nSPS) is 15.4. The average molecular weight is 425 g/mol. The fraction of sp³-hybridized carbons (Fsp3) is 0.130. The lowest BCUT2D eigenvalue weighted by atomic mass is 10.1. The van der Waals surface area contributed by atoms with E-state index in [-0.39, 0.29) is 18.4 Å². The first-order chi connectivity index (χ1) is 14.4. The van der Waals surface area contributed by atoms with Gasteiger partial charge >= 0.3 is 0 Å². The number of anilines is 2. The molecule has 7 heteroatoms. The summed E-state index contributed by atoms with van der Waals surface area (Å²) in [5.74, 6) is -0.503. The molecule has 1 aliphatic rings. The van der Waals surface area contributed by atoms with Gasteiger partial charge in [-0.25, -0.2) is 4.39 Å². The molecule has 0 bridgehead atoms. The van der Waals surface area contributed by atoms with Gasteiger partial charge < -0.3 is 15.0 Å². The lowest BCUT2D eigenvalue weighted by Gasteiger charge is -2.33. The molecule has 0 radical (unpaired) electrons. The van der Waals surface area contributed by atoms with Gasteiger partial charge in [-0.3, -0.25) is 9.59 Å². The van der Waals surface area contributed by atoms with Crippen molar-refractivity contribution in [2.75, 3.05) is 10.2 Å². The molecule has 4 rings (SSSR count). The second kappa shape index (κ2) is 8.16. The zero-order valence-corrected chi connectivity index (χ0v) is 16.8. The van der Waals surface area contributed by atoms with E-state index in [1.165, 1.54) is 11.0 Å². The van der Waals surface area contributed by atoms with Crippen LogP contribution in [0.5, 0.6) is 5.75 Å². The third-order valence-electron chi connectivity index (χ3n) is 4.82. The molecule has 1 N–H and O–H groups in total. The largest absolute Gasteiger partial charge is 0.479 e. The third-order valence-corrected chi connectivity index (χ3v) is 5.07. The molecule has 0 saturated heterocycles. The van der Waals surface area contributed by atoms with E-state index in [2.05, 4.69) is 5.32 Å². The molecule has 1 unspecified atom stereocenters. The maximum atomic E-state index is 14.2. The van der Waals surface area contributed by atoms with Crippen LogP contribution in [-0.4, -0.2) is 17.9 Å². The Hall–Kier alpha value is -3.38. The Kier molecular flexibility index (Phi) is 5.42. The highest BCUT2D eigenvalue weighted by Gasteiger charge is 2.32. The number of carbonyl (C=O) groups excluding carboxylic acids is 2. The molecule has 152 valence electrons. The maximum absolute atomic E-state index is 14.2. The SMILES string of the molecule is CC1Oc2ccc(NC(=O)c3ccc(Cl)cc3)cc2N(Cc2ccccc2F)C1=O. The number of fused-ring (bicyclic) bond motifs is 1. The van der Waals surface area contributed by atoms with Crippen LogP contribution >= 0.6 is 11.6 Å². The monoisotopic (exact) mass is 424 g/mol. The second-order valence-electron chi connectivity index (χ2n) is 6.92. The number of halogens is 2. The van der Waals surface area contributed by atoms with E-state index >= 15 is 0 Å². The van der Waals surface area contributed by atoms with Crippen molar-refractivity contribution in [1.29, 1.82) is 0 Å². The summed E-state index contributed by atoms with van der Waals surface area (Å²) in [6.07, 6.45) is -0.696. The smallest absolute Gasteiger partial charge is 0.268 e. The van der Waals surface area contributed by atoms with E-state index in [0.29, 0.717) is 33.3 Å². The minimum absolute atomic E-state index is 0.0563. The number of ether oxygens (including phenoxy) is 1. The van der Waals surface area contributed by atoms with Crippen LogP contribution in [0.3, 0.4) is 0 Å². The van der Waals surface area contributed by atoms with Crippen molar-refractivity contribution in [2.45, 2.75) is 19.6 Å². The van der Waals surface area contributed by atoms with Gasteiger partial charge in [-0.2, -0.15) is 0 Å². The predicted molar refractivity (Wildman–Crippen MR) is 114 cm³/mol. The first-order valence-corrected chi connectivity index (χ1v) is 9.72. The molecule has 1 heterocycles. The Morgan fingerprint density at radius 2 is 1.87 bits per heavy atom. The molecule has 0 saturated carbocycles. The van der Waals surface area contributed by atoms with Gasteiger partial charge in [0.15, 0.2) is 6.10 Å². The van der Waals surface area contributed by atoms with Crippen LogP contribution in [0.15, 0.2) is 66.7 Å². The molecule has 0 fully saturated rings. The van der Waals surface area contributed by atoms with Crippen molar-refractivity contribution in [3.8, 4) is 5.75 Å². The van der Waals surface area contributed by atoms with E-state index < -0.39 is 11.9 Å². The summed E-state index contributed by atoms with van der Waals surface area (Å²) in [4.78, 5) is 26.8. The molecule has 1 aliphatic heterocycles. The molecule has 0 spiro atoms. The van der Waals surface area contributed by atoms with Crippen molar-refractivity contribution in [3.63, 3.8) is 0 Å². The number of hydrogen-bond donors (Lipinski definition) is 1. The van der Waals surface area contributed by atoms with Crippen molar-refractivity contribution < 1.29 is 18.7 Å². The topological polar surface area (TPSA) is 58.6 Å². The second-order valence-corrected chi connectivity index (χ2v) is 7.36. The summed E-state index contributed by atoms with van der Waals surface area (Å²) in [5.41, 5.74) is 1.79. The number of hydrogen-bond acceptors (Lipinski definition) is 3. The standard InChI is InChI=1S/C23H18ClFN2O3/c1-14-23(29)27(13-16-4-2-3-5-19(16)25)20-12-18(10-11-21(20)30-14)26-22(28)15-6-8-17(24)9-7-15/h2-12,14H,13H2,1H3,(H,26,28). The first kappa shape index (κ1) is 19.9. The van der Waals surface area contributed by atoms with Gasteiger partial charge in [-0.15, -0.1) is 0 Å². The Morgan fingerprint density at radius 3 is 2.60 bits per heavy atom. The van der Waals surface area contributed by atoms with Crippen molar-refractivity contribution in [3.05, 3.63) is 88.7 Å². The molecular formula is C23H18ClFN2O3. The molecule has 1 atom stereocenters. The van der Waals surface area contributed by atoms with E-state index in [1.807, 2.05) is 0 Å². The van der Waals surface area contributed by atoms with Crippen LogP contribution in [0.2, 0.25) is 5.02 Å². The zero-order valence-electron chi connectivity index (χ0n) is 16.1. The minimum atomic E-state index is -0.696. The van der Waals surface area contributed by atoms with Gasteiger partial charge in [-0.1, -0.05) is 29.8 Å². The summed E-state index contributed by atoms with van der Waals surface area (Å²) in [7, 11) is 0. The highest BCUT2D eigenvalue weighted by molar-refractivity contribution is 6.30. The fourth-order valence-corrected chi connectivity index (χ4v) is 3.38. The molecule has 5 nitrogen and oxygen atoms in total. The van der Waals surface area contributed by atoms with Gasteiger partial charge in [-0.05, 0) is 55.5 Å². The number of benzene rings is 3. The number of nitrogens with one attached hydrogen (secondary N) is 1. The van der Waals surface area contributed by atoms with Crippen LogP contribution < -0.4 is 15.0 Å². The van der Waals surface area contributed by atoms with Crippen LogP contribution in [0.25, 0.3) is 0 Å². The molecule has 30 heavy (non-hydrogen) atoms. The molecule has 3 aromatic carbocycles. The van der Waals surface area contributed by atoms with Gasteiger partial charge in [0.2, 0.25) is 0 Å². The molecule has 3 aromatic rings. The number of nitrogens with zero attached hydrogens (tertiary/aromatic N) is 1. The van der Waals surface area contributed by atoms with Gasteiger partial charge in [0, 0.05) is 21.8 Å². The zero-order chi connectivity index (χ0) is 21.3. The van der Waals surface area contributed by atoms with Crippen LogP contribution in [-0.2, 0) is 11.3 Å². The van der Waals surface area contributed by atoms with Crippen molar-refractivity contribution in [1.82, 2.24) is 0 Å². The predicted octanol–water partition coefficient (Wildman–Crippen LogP) is 5.05. The summed E-state index contributed by atoms with van der Waals surface area (Å²) in [5, 5.41) is 3.34. The Morgan fingerprint density at radius 1 is 1.13 bits per heavy atom. The summed E-state index contributed by atoms with van der Waals surface area (Å²) in [6, 6.07) is 17.8. The van der Waals surface area contributed by atoms with E-state index in [4.69, 9.17) is 16.3 Å². The quantitative estimate of drug-likeness (QED) is 0.638. The highest BCUT2D eigenvalue weighted by Crippen LogP contribution is 2.37. The molecule has 0 aliphatic carbocycles. The summed E-state index contributed by atoms with van der Waals surface area (Å²) < 4.78 is 19.9. The molecule has 2 amide bonds.